The Kier molecular flexibility index (Phi) is 4.34. The molecule has 0 radical (unpaired) electrons. The van der Waals surface area contributed by atoms with E-state index in [2.05, 4.69) is 10.6 Å². The first-order chi connectivity index (χ1) is 8.95. The Labute approximate surface area is 123 Å². The molecule has 5 nitrogen and oxygen atoms in total. The van der Waals surface area contributed by atoms with E-state index in [9.17, 15) is 14.4 Å². The second-order valence-corrected chi connectivity index (χ2v) is 5.78. The molecule has 1 saturated heterocycles. The molecule has 0 saturated carbocycles. The first-order valence-electron chi connectivity index (χ1n) is 5.22. The minimum atomic E-state index is -0.703. The van der Waals surface area contributed by atoms with Gasteiger partial charge in [-0.25, -0.2) is 0 Å². The van der Waals surface area contributed by atoms with Crippen molar-refractivity contribution in [2.45, 2.75) is 11.7 Å². The van der Waals surface area contributed by atoms with E-state index in [1.807, 2.05) is 0 Å². The first kappa shape index (κ1) is 14.2. The summed E-state index contributed by atoms with van der Waals surface area (Å²) in [5.41, 5.74) is 0.369. The SMILES string of the molecule is O=C(C[C@H]1SC(=O)NC1=O)Nc1cc(Cl)ccc1Cl. The number of benzene rings is 1. The number of carbonyl (C=O) groups excluding carboxylic acids is 3. The highest BCUT2D eigenvalue weighted by Crippen LogP contribution is 2.27. The van der Waals surface area contributed by atoms with E-state index in [0.29, 0.717) is 15.7 Å². The van der Waals surface area contributed by atoms with Crippen molar-refractivity contribution < 1.29 is 14.4 Å². The lowest BCUT2D eigenvalue weighted by Crippen LogP contribution is -2.27. The summed E-state index contributed by atoms with van der Waals surface area (Å²) in [6.07, 6.45) is -0.106. The van der Waals surface area contributed by atoms with E-state index >= 15 is 0 Å². The number of halogens is 2. The Morgan fingerprint density at radius 3 is 2.74 bits per heavy atom. The third kappa shape index (κ3) is 3.62. The molecule has 0 unspecified atom stereocenters. The summed E-state index contributed by atoms with van der Waals surface area (Å²) < 4.78 is 0. The van der Waals surface area contributed by atoms with Crippen molar-refractivity contribution in [1.29, 1.82) is 0 Å². The van der Waals surface area contributed by atoms with Crippen LogP contribution in [0.1, 0.15) is 6.42 Å². The molecule has 1 heterocycles. The number of nitrogens with one attached hydrogen (secondary N) is 2. The maximum Gasteiger partial charge on any atom is 0.286 e. The molecule has 1 aromatic carbocycles. The molecule has 100 valence electrons. The van der Waals surface area contributed by atoms with Gasteiger partial charge in [-0.3, -0.25) is 19.7 Å². The van der Waals surface area contributed by atoms with Crippen molar-refractivity contribution in [2.75, 3.05) is 5.32 Å². The van der Waals surface area contributed by atoms with Gasteiger partial charge in [0.05, 0.1) is 10.7 Å². The molecular formula is C11H8Cl2N2O3S. The van der Waals surface area contributed by atoms with Crippen LogP contribution < -0.4 is 10.6 Å². The number of hydrogen-bond donors (Lipinski definition) is 2. The van der Waals surface area contributed by atoms with Crippen LogP contribution in [0.2, 0.25) is 10.0 Å². The average Bonchev–Trinajstić information content (AvgIpc) is 2.62. The topological polar surface area (TPSA) is 75.3 Å². The van der Waals surface area contributed by atoms with Crippen molar-refractivity contribution in [1.82, 2.24) is 5.32 Å². The van der Waals surface area contributed by atoms with Gasteiger partial charge in [0.25, 0.3) is 5.24 Å². The maximum atomic E-state index is 11.8. The quantitative estimate of drug-likeness (QED) is 0.898. The Morgan fingerprint density at radius 1 is 1.37 bits per heavy atom. The van der Waals surface area contributed by atoms with Gasteiger partial charge in [0.15, 0.2) is 0 Å². The molecule has 1 atom stereocenters. The monoisotopic (exact) mass is 318 g/mol. The zero-order valence-corrected chi connectivity index (χ0v) is 11.7. The summed E-state index contributed by atoms with van der Waals surface area (Å²) in [5, 5.41) is 4.30. The number of anilines is 1. The highest BCUT2D eigenvalue weighted by Gasteiger charge is 2.33. The van der Waals surface area contributed by atoms with E-state index in [1.165, 1.54) is 6.07 Å². The van der Waals surface area contributed by atoms with Crippen molar-refractivity contribution >= 4 is 57.7 Å². The minimum absolute atomic E-state index is 0.106. The fourth-order valence-corrected chi connectivity index (χ4v) is 2.65. The molecule has 1 fully saturated rings. The van der Waals surface area contributed by atoms with Crippen LogP contribution in [0.4, 0.5) is 10.5 Å². The largest absolute Gasteiger partial charge is 0.325 e. The minimum Gasteiger partial charge on any atom is -0.325 e. The number of amides is 3. The summed E-state index contributed by atoms with van der Waals surface area (Å²) >= 11 is 12.5. The Hall–Kier alpha value is -1.24. The standard InChI is InChI=1S/C11H8Cl2N2O3S/c12-5-1-2-6(13)7(3-5)14-9(16)4-8-10(17)15-11(18)19-8/h1-3,8H,4H2,(H,14,16)(H,15,17,18)/t8-/m1/s1. The molecule has 0 aromatic heterocycles. The van der Waals surface area contributed by atoms with Crippen LogP contribution in [0.15, 0.2) is 18.2 Å². The van der Waals surface area contributed by atoms with Gasteiger partial charge in [-0.15, -0.1) is 0 Å². The van der Waals surface area contributed by atoms with Crippen molar-refractivity contribution in [3.05, 3.63) is 28.2 Å². The van der Waals surface area contributed by atoms with Crippen LogP contribution in [0, 0.1) is 0 Å². The van der Waals surface area contributed by atoms with Gasteiger partial charge in [0.1, 0.15) is 5.25 Å². The van der Waals surface area contributed by atoms with Crippen molar-refractivity contribution in [3.8, 4) is 0 Å². The van der Waals surface area contributed by atoms with Crippen molar-refractivity contribution in [3.63, 3.8) is 0 Å². The molecule has 0 aliphatic carbocycles. The predicted molar refractivity (Wildman–Crippen MR) is 74.6 cm³/mol. The molecule has 1 aliphatic heterocycles. The van der Waals surface area contributed by atoms with E-state index in [-0.39, 0.29) is 6.42 Å². The zero-order chi connectivity index (χ0) is 14.0. The highest BCUT2D eigenvalue weighted by atomic mass is 35.5. The summed E-state index contributed by atoms with van der Waals surface area (Å²) in [5.74, 6) is -0.867. The van der Waals surface area contributed by atoms with E-state index in [1.54, 1.807) is 12.1 Å². The van der Waals surface area contributed by atoms with E-state index in [4.69, 9.17) is 23.2 Å². The third-order valence-electron chi connectivity index (χ3n) is 2.34. The summed E-state index contributed by atoms with van der Waals surface area (Å²) in [7, 11) is 0. The summed E-state index contributed by atoms with van der Waals surface area (Å²) in [4.78, 5) is 34.0. The smallest absolute Gasteiger partial charge is 0.286 e. The Balaban J connectivity index is 2.00. The average molecular weight is 319 g/mol. The van der Waals surface area contributed by atoms with Crippen LogP contribution >= 0.6 is 35.0 Å². The second-order valence-electron chi connectivity index (χ2n) is 3.76. The van der Waals surface area contributed by atoms with Gasteiger partial charge in [0, 0.05) is 11.4 Å². The summed E-state index contributed by atoms with van der Waals surface area (Å²) in [6, 6.07) is 4.66. The number of rotatable bonds is 3. The Bertz CT molecular complexity index is 565. The van der Waals surface area contributed by atoms with Gasteiger partial charge in [-0.05, 0) is 18.2 Å². The number of carbonyl (C=O) groups is 3. The lowest BCUT2D eigenvalue weighted by molar-refractivity contribution is -0.122. The fraction of sp³-hybridized carbons (Fsp3) is 0.182. The highest BCUT2D eigenvalue weighted by molar-refractivity contribution is 8.15. The van der Waals surface area contributed by atoms with E-state index in [0.717, 1.165) is 11.8 Å². The van der Waals surface area contributed by atoms with Crippen molar-refractivity contribution in [2.24, 2.45) is 0 Å². The van der Waals surface area contributed by atoms with Gasteiger partial charge < -0.3 is 5.32 Å². The normalized spacial score (nSPS) is 18.3. The second kappa shape index (κ2) is 5.81. The lowest BCUT2D eigenvalue weighted by Gasteiger charge is -2.09. The van der Waals surface area contributed by atoms with Gasteiger partial charge in [0.2, 0.25) is 11.8 Å². The molecule has 3 amide bonds. The number of thioether (sulfide) groups is 1. The van der Waals surface area contributed by atoms with Gasteiger partial charge >= 0.3 is 0 Å². The third-order valence-corrected chi connectivity index (χ3v) is 3.89. The summed E-state index contributed by atoms with van der Waals surface area (Å²) in [6.45, 7) is 0. The zero-order valence-electron chi connectivity index (χ0n) is 9.41. The number of imide groups is 1. The molecule has 1 aliphatic rings. The van der Waals surface area contributed by atoms with E-state index < -0.39 is 22.3 Å². The molecule has 0 spiro atoms. The van der Waals surface area contributed by atoms with Gasteiger partial charge in [-0.1, -0.05) is 35.0 Å². The molecule has 1 aromatic rings. The first-order valence-corrected chi connectivity index (χ1v) is 6.85. The molecule has 8 heteroatoms. The van der Waals surface area contributed by atoms with Crippen LogP contribution in [0.5, 0.6) is 0 Å². The predicted octanol–water partition coefficient (Wildman–Crippen LogP) is 2.67. The maximum absolute atomic E-state index is 11.8. The van der Waals surface area contributed by atoms with Crippen LogP contribution in [0.25, 0.3) is 0 Å². The molecule has 19 heavy (non-hydrogen) atoms. The molecule has 2 N–H and O–H groups in total. The van der Waals surface area contributed by atoms with Crippen LogP contribution in [0.3, 0.4) is 0 Å². The van der Waals surface area contributed by atoms with Gasteiger partial charge in [-0.2, -0.15) is 0 Å². The Morgan fingerprint density at radius 2 is 2.11 bits per heavy atom. The molecular weight excluding hydrogens is 311 g/mol. The lowest BCUT2D eigenvalue weighted by atomic mass is 10.2. The molecule has 0 bridgehead atoms. The van der Waals surface area contributed by atoms with Crippen LogP contribution in [-0.4, -0.2) is 22.3 Å². The fourth-order valence-electron chi connectivity index (χ4n) is 1.49. The molecule has 2 rings (SSSR count). The van der Waals surface area contributed by atoms with Crippen LogP contribution in [-0.2, 0) is 9.59 Å². The number of hydrogen-bond acceptors (Lipinski definition) is 4.